The molecule has 0 aromatic carbocycles. The van der Waals surface area contributed by atoms with E-state index in [1.807, 2.05) is 0 Å². The standard InChI is InChI=1S/C45H92N4.C21H42.C2H2/c1-8-11-14-17-22-27-33-45(34-28-23-18-15-12-9-2)36-35-43(4)32-26-21-20-25-30-41-49(40-29-24-19-16-13-10-3)42-38-47-44(5)46-37-31-39-48(6)7;1-4-7-10-12-14-16-19-21(18-9-6-3)20-17-15-13-11-8-5-2;1-2/h45-47H,4-5,8-42H2,1-3,6-7H3;6,21H,3-5,7-20H2,1-2H3;1-2H. The summed E-state index contributed by atoms with van der Waals surface area (Å²) in [6.07, 6.45) is 73.0. The van der Waals surface area contributed by atoms with Gasteiger partial charge in [-0.3, -0.25) is 0 Å². The van der Waals surface area contributed by atoms with E-state index in [0.717, 1.165) is 50.3 Å². The molecule has 4 heteroatoms. The highest BCUT2D eigenvalue weighted by Gasteiger charge is 2.11. The zero-order chi connectivity index (χ0) is 53.6. The van der Waals surface area contributed by atoms with Gasteiger partial charge >= 0.3 is 0 Å². The molecule has 0 fully saturated rings. The second kappa shape index (κ2) is 65.4. The van der Waals surface area contributed by atoms with Gasteiger partial charge in [-0.15, -0.1) is 19.4 Å². The highest BCUT2D eigenvalue weighted by Crippen LogP contribution is 2.27. The summed E-state index contributed by atoms with van der Waals surface area (Å²) >= 11 is 0. The smallest absolute Gasteiger partial charge is 0.0912 e. The fourth-order valence-electron chi connectivity index (χ4n) is 10.4. The van der Waals surface area contributed by atoms with Gasteiger partial charge in [0.1, 0.15) is 0 Å². The summed E-state index contributed by atoms with van der Waals surface area (Å²) in [4.78, 5) is 4.95. The number of allylic oxidation sites excluding steroid dienone is 2. The molecule has 0 bridgehead atoms. The second-order valence-electron chi connectivity index (χ2n) is 22.7. The average molecular weight is 1010 g/mol. The molecule has 0 spiro atoms. The molecule has 0 amide bonds. The lowest BCUT2D eigenvalue weighted by atomic mass is 9.88. The predicted molar refractivity (Wildman–Crippen MR) is 332 cm³/mol. The van der Waals surface area contributed by atoms with E-state index >= 15 is 0 Å². The maximum atomic E-state index is 4.54. The number of rotatable bonds is 58. The van der Waals surface area contributed by atoms with Crippen molar-refractivity contribution in [3.8, 4) is 12.8 Å². The van der Waals surface area contributed by atoms with Crippen molar-refractivity contribution in [1.29, 1.82) is 0 Å². The van der Waals surface area contributed by atoms with Gasteiger partial charge < -0.3 is 20.4 Å². The lowest BCUT2D eigenvalue weighted by molar-refractivity contribution is 0.261. The second-order valence-corrected chi connectivity index (χ2v) is 22.7. The van der Waals surface area contributed by atoms with Crippen molar-refractivity contribution in [1.82, 2.24) is 20.4 Å². The van der Waals surface area contributed by atoms with Crippen molar-refractivity contribution in [2.24, 2.45) is 11.8 Å². The fraction of sp³-hybridized carbons (Fsp3) is 0.882. The molecule has 0 radical (unpaired) electrons. The van der Waals surface area contributed by atoms with E-state index in [2.05, 4.69) is 108 Å². The summed E-state index contributed by atoms with van der Waals surface area (Å²) in [6, 6.07) is 0. The third kappa shape index (κ3) is 62.6. The Kier molecular flexibility index (Phi) is 67.7. The molecule has 0 aliphatic carbocycles. The SMILES string of the molecule is C#C.C=C(CCCCCCCN(CCCCCCCC)CCNC(=C)NCCCN(C)C)CCC(CCCCCCCC)CCCCCCCC.C=CCCC(CCCCCCCC)CCCCCCCC. The quantitative estimate of drug-likeness (QED) is 0.0361. The molecule has 428 valence electrons. The highest BCUT2D eigenvalue weighted by atomic mass is 15.2. The van der Waals surface area contributed by atoms with Crippen molar-refractivity contribution in [2.45, 2.75) is 324 Å². The van der Waals surface area contributed by atoms with Gasteiger partial charge in [0.15, 0.2) is 0 Å². The zero-order valence-electron chi connectivity index (χ0n) is 51.0. The molecule has 72 heavy (non-hydrogen) atoms. The summed E-state index contributed by atoms with van der Waals surface area (Å²) in [6.45, 7) is 30.9. The molecule has 0 unspecified atom stereocenters. The minimum Gasteiger partial charge on any atom is -0.372 e. The Hall–Kier alpha value is -1.70. The van der Waals surface area contributed by atoms with Crippen LogP contribution >= 0.6 is 0 Å². The summed E-state index contributed by atoms with van der Waals surface area (Å²) in [5.41, 5.74) is 1.53. The first-order chi connectivity index (χ1) is 35.3. The summed E-state index contributed by atoms with van der Waals surface area (Å²) < 4.78 is 0. The number of hydrogen-bond acceptors (Lipinski definition) is 4. The third-order valence-electron chi connectivity index (χ3n) is 15.3. The average Bonchev–Trinajstić information content (AvgIpc) is 3.38. The van der Waals surface area contributed by atoms with Crippen LogP contribution in [0, 0.1) is 24.7 Å². The van der Waals surface area contributed by atoms with Crippen LogP contribution in [0.1, 0.15) is 324 Å². The molecule has 0 aliphatic rings. The van der Waals surface area contributed by atoms with Crippen molar-refractivity contribution in [3.63, 3.8) is 0 Å². The van der Waals surface area contributed by atoms with Crippen LogP contribution in [-0.4, -0.2) is 63.2 Å². The first-order valence-electron chi connectivity index (χ1n) is 32.4. The van der Waals surface area contributed by atoms with Crippen molar-refractivity contribution >= 4 is 0 Å². The molecule has 0 aromatic heterocycles. The van der Waals surface area contributed by atoms with Gasteiger partial charge in [-0.05, 0) is 103 Å². The highest BCUT2D eigenvalue weighted by molar-refractivity contribution is 4.94. The van der Waals surface area contributed by atoms with Crippen LogP contribution in [0.4, 0.5) is 0 Å². The Morgan fingerprint density at radius 2 is 0.736 bits per heavy atom. The Morgan fingerprint density at radius 3 is 1.12 bits per heavy atom. The van der Waals surface area contributed by atoms with E-state index in [1.165, 1.54) is 301 Å². The monoisotopic (exact) mass is 1010 g/mol. The molecule has 0 aliphatic heterocycles. The van der Waals surface area contributed by atoms with Crippen LogP contribution < -0.4 is 10.6 Å². The molecule has 0 saturated carbocycles. The van der Waals surface area contributed by atoms with E-state index in [9.17, 15) is 0 Å². The van der Waals surface area contributed by atoms with Gasteiger partial charge in [-0.2, -0.15) is 0 Å². The van der Waals surface area contributed by atoms with Gasteiger partial charge in [0.05, 0.1) is 5.82 Å². The molecular formula is C68H136N4. The van der Waals surface area contributed by atoms with Gasteiger partial charge in [0.2, 0.25) is 0 Å². The molecule has 0 saturated heterocycles. The molecule has 0 atom stereocenters. The number of unbranched alkanes of at least 4 members (excludes halogenated alkanes) is 29. The van der Waals surface area contributed by atoms with E-state index < -0.39 is 0 Å². The molecule has 2 N–H and O–H groups in total. The molecular weight excluding hydrogens is 873 g/mol. The number of terminal acetylenes is 1. The Balaban J connectivity index is -0.00000172. The van der Waals surface area contributed by atoms with Crippen molar-refractivity contribution in [3.05, 3.63) is 37.2 Å². The fourth-order valence-corrected chi connectivity index (χ4v) is 10.4. The Morgan fingerprint density at radius 1 is 0.389 bits per heavy atom. The van der Waals surface area contributed by atoms with E-state index in [1.54, 1.807) is 0 Å². The minimum atomic E-state index is 0.936. The predicted octanol–water partition coefficient (Wildman–Crippen LogP) is 21.4. The number of hydrogen-bond donors (Lipinski definition) is 2. The lowest BCUT2D eigenvalue weighted by Crippen LogP contribution is -2.36. The topological polar surface area (TPSA) is 30.5 Å². The zero-order valence-corrected chi connectivity index (χ0v) is 51.0. The van der Waals surface area contributed by atoms with E-state index in [0.29, 0.717) is 0 Å². The van der Waals surface area contributed by atoms with Crippen LogP contribution in [-0.2, 0) is 0 Å². The van der Waals surface area contributed by atoms with Gasteiger partial charge in [-0.25, -0.2) is 0 Å². The minimum absolute atomic E-state index is 0.936. The van der Waals surface area contributed by atoms with Gasteiger partial charge in [0.25, 0.3) is 0 Å². The van der Waals surface area contributed by atoms with Crippen LogP contribution in [0.15, 0.2) is 37.2 Å². The number of nitrogens with zero attached hydrogens (tertiary/aromatic N) is 2. The van der Waals surface area contributed by atoms with Gasteiger partial charge in [-0.1, -0.05) is 291 Å². The summed E-state index contributed by atoms with van der Waals surface area (Å²) in [7, 11) is 4.27. The van der Waals surface area contributed by atoms with Crippen molar-refractivity contribution < 1.29 is 0 Å². The summed E-state index contributed by atoms with van der Waals surface area (Å²) in [5.74, 6) is 2.89. The Bertz CT molecular complexity index is 1030. The molecule has 4 nitrogen and oxygen atoms in total. The molecule has 0 aromatic rings. The van der Waals surface area contributed by atoms with E-state index in [4.69, 9.17) is 0 Å². The first kappa shape index (κ1) is 74.5. The lowest BCUT2D eigenvalue weighted by Gasteiger charge is -2.23. The third-order valence-corrected chi connectivity index (χ3v) is 15.3. The largest absolute Gasteiger partial charge is 0.372 e. The molecule has 0 rings (SSSR count). The summed E-state index contributed by atoms with van der Waals surface area (Å²) in [5, 5.41) is 6.99. The first-order valence-corrected chi connectivity index (χ1v) is 32.4. The number of nitrogens with one attached hydrogen (secondary N) is 2. The van der Waals surface area contributed by atoms with Crippen LogP contribution in [0.25, 0.3) is 0 Å². The van der Waals surface area contributed by atoms with Crippen LogP contribution in [0.2, 0.25) is 0 Å². The van der Waals surface area contributed by atoms with Crippen molar-refractivity contribution in [2.75, 3.05) is 53.4 Å². The maximum absolute atomic E-state index is 4.54. The van der Waals surface area contributed by atoms with Crippen LogP contribution in [0.3, 0.4) is 0 Å². The van der Waals surface area contributed by atoms with Gasteiger partial charge in [0, 0.05) is 19.6 Å². The molecule has 0 heterocycles. The van der Waals surface area contributed by atoms with E-state index in [-0.39, 0.29) is 0 Å². The van der Waals surface area contributed by atoms with Crippen LogP contribution in [0.5, 0.6) is 0 Å². The Labute approximate surface area is 457 Å². The maximum Gasteiger partial charge on any atom is 0.0912 e. The normalized spacial score (nSPS) is 11.2.